The second-order valence-electron chi connectivity index (χ2n) is 5.62. The third-order valence-corrected chi connectivity index (χ3v) is 3.85. The molecule has 1 atom stereocenters. The highest BCUT2D eigenvalue weighted by Crippen LogP contribution is 2.13. The quantitative estimate of drug-likeness (QED) is 0.783. The largest absolute Gasteiger partial charge is 0.334 e. The van der Waals surface area contributed by atoms with Crippen LogP contribution in [0.2, 0.25) is 0 Å². The Hall–Kier alpha value is -2.34. The summed E-state index contributed by atoms with van der Waals surface area (Å²) < 4.78 is 0. The highest BCUT2D eigenvalue weighted by Gasteiger charge is 2.23. The maximum atomic E-state index is 11.9. The van der Waals surface area contributed by atoms with Crippen LogP contribution in [0, 0.1) is 0 Å². The molecule has 0 unspecified atom stereocenters. The van der Waals surface area contributed by atoms with Crippen LogP contribution in [0.5, 0.6) is 0 Å². The number of hydrogen-bond donors (Lipinski definition) is 3. The Labute approximate surface area is 129 Å². The van der Waals surface area contributed by atoms with E-state index in [1.807, 2.05) is 12.1 Å². The number of carbonyl (C=O) groups is 1. The van der Waals surface area contributed by atoms with Crippen LogP contribution in [0.4, 0.5) is 4.79 Å². The van der Waals surface area contributed by atoms with Gasteiger partial charge >= 0.3 is 6.03 Å². The number of benzene rings is 1. The topological polar surface area (TPSA) is 73.0 Å². The number of urea groups is 1. The van der Waals surface area contributed by atoms with E-state index in [9.17, 15) is 4.79 Å². The molecule has 0 radical (unpaired) electrons. The minimum Gasteiger partial charge on any atom is -0.334 e. The zero-order valence-corrected chi connectivity index (χ0v) is 12.5. The van der Waals surface area contributed by atoms with Gasteiger partial charge < -0.3 is 10.6 Å². The van der Waals surface area contributed by atoms with E-state index in [0.717, 1.165) is 31.7 Å². The Morgan fingerprint density at radius 2 is 2.18 bits per heavy atom. The van der Waals surface area contributed by atoms with Gasteiger partial charge in [0.15, 0.2) is 0 Å². The van der Waals surface area contributed by atoms with Crippen LogP contribution in [0.25, 0.3) is 0 Å². The fraction of sp³-hybridized carbons (Fsp3) is 0.375. The first-order valence-corrected chi connectivity index (χ1v) is 7.58. The summed E-state index contributed by atoms with van der Waals surface area (Å²) in [5, 5.41) is 12.5. The number of hydrogen-bond acceptors (Lipinski definition) is 3. The van der Waals surface area contributed by atoms with E-state index in [2.05, 4.69) is 50.0 Å². The highest BCUT2D eigenvalue weighted by molar-refractivity contribution is 5.74. The van der Waals surface area contributed by atoms with Crippen molar-refractivity contribution < 1.29 is 4.79 Å². The van der Waals surface area contributed by atoms with Crippen LogP contribution in [0.1, 0.15) is 17.7 Å². The number of aromatic nitrogens is 2. The van der Waals surface area contributed by atoms with Gasteiger partial charge in [0.05, 0.1) is 12.2 Å². The molecular weight excluding hydrogens is 278 g/mol. The number of H-pyrrole nitrogens is 1. The molecular formula is C16H21N5O. The van der Waals surface area contributed by atoms with E-state index in [0.29, 0.717) is 6.54 Å². The molecule has 22 heavy (non-hydrogen) atoms. The SMILES string of the molecule is O=C(NCc1ccn[nH]1)N[C@H]1CCN(Cc2ccccc2)C1. The van der Waals surface area contributed by atoms with Gasteiger partial charge in [-0.1, -0.05) is 30.3 Å². The Bertz CT molecular complexity index is 584. The number of rotatable bonds is 5. The Balaban J connectivity index is 1.40. The summed E-state index contributed by atoms with van der Waals surface area (Å²) in [5.74, 6) is 0. The van der Waals surface area contributed by atoms with Crippen LogP contribution >= 0.6 is 0 Å². The lowest BCUT2D eigenvalue weighted by Crippen LogP contribution is -2.43. The Morgan fingerprint density at radius 3 is 2.95 bits per heavy atom. The molecule has 0 bridgehead atoms. The third-order valence-electron chi connectivity index (χ3n) is 3.85. The van der Waals surface area contributed by atoms with Gasteiger partial charge in [-0.3, -0.25) is 10.00 Å². The van der Waals surface area contributed by atoms with E-state index in [-0.39, 0.29) is 12.1 Å². The van der Waals surface area contributed by atoms with Gasteiger partial charge in [-0.2, -0.15) is 5.10 Å². The zero-order chi connectivity index (χ0) is 15.2. The monoisotopic (exact) mass is 299 g/mol. The summed E-state index contributed by atoms with van der Waals surface area (Å²) in [6.07, 6.45) is 2.66. The summed E-state index contributed by atoms with van der Waals surface area (Å²) in [5.41, 5.74) is 2.21. The van der Waals surface area contributed by atoms with Crippen molar-refractivity contribution in [2.45, 2.75) is 25.6 Å². The molecule has 1 aromatic carbocycles. The van der Waals surface area contributed by atoms with Crippen LogP contribution in [0.3, 0.4) is 0 Å². The molecule has 6 heteroatoms. The summed E-state index contributed by atoms with van der Waals surface area (Å²) in [6.45, 7) is 3.31. The lowest BCUT2D eigenvalue weighted by molar-refractivity contribution is 0.235. The lowest BCUT2D eigenvalue weighted by atomic mass is 10.2. The van der Waals surface area contributed by atoms with Crippen molar-refractivity contribution in [3.05, 3.63) is 53.9 Å². The molecule has 1 aromatic heterocycles. The van der Waals surface area contributed by atoms with Gasteiger partial charge in [0.2, 0.25) is 0 Å². The molecule has 3 rings (SSSR count). The summed E-state index contributed by atoms with van der Waals surface area (Å²) in [7, 11) is 0. The van der Waals surface area contributed by atoms with Crippen LogP contribution in [-0.2, 0) is 13.1 Å². The minimum absolute atomic E-state index is 0.124. The van der Waals surface area contributed by atoms with Gasteiger partial charge in [-0.05, 0) is 18.1 Å². The Kier molecular flexibility index (Phi) is 4.70. The van der Waals surface area contributed by atoms with Gasteiger partial charge in [0, 0.05) is 31.9 Å². The third kappa shape index (κ3) is 4.08. The second-order valence-corrected chi connectivity index (χ2v) is 5.62. The molecule has 0 saturated carbocycles. The predicted molar refractivity (Wildman–Crippen MR) is 84.1 cm³/mol. The number of amides is 2. The summed E-state index contributed by atoms with van der Waals surface area (Å²) in [6, 6.07) is 12.4. The second kappa shape index (κ2) is 7.09. The maximum Gasteiger partial charge on any atom is 0.315 e. The van der Waals surface area contributed by atoms with Crippen molar-refractivity contribution in [2.75, 3.05) is 13.1 Å². The first kappa shape index (κ1) is 14.6. The van der Waals surface area contributed by atoms with E-state index >= 15 is 0 Å². The minimum atomic E-state index is -0.124. The normalized spacial score (nSPS) is 18.3. The standard InChI is InChI=1S/C16H21N5O/c22-16(17-10-14-6-8-18-20-14)19-15-7-9-21(12-15)11-13-4-2-1-3-5-13/h1-6,8,15H,7,9-12H2,(H,18,20)(H2,17,19,22)/t15-/m0/s1. The molecule has 0 aliphatic carbocycles. The smallest absolute Gasteiger partial charge is 0.315 e. The van der Waals surface area contributed by atoms with E-state index in [4.69, 9.17) is 0 Å². The molecule has 1 saturated heterocycles. The predicted octanol–water partition coefficient (Wildman–Crippen LogP) is 1.48. The summed E-state index contributed by atoms with van der Waals surface area (Å²) >= 11 is 0. The average molecular weight is 299 g/mol. The molecule has 6 nitrogen and oxygen atoms in total. The fourth-order valence-corrected chi connectivity index (χ4v) is 2.73. The van der Waals surface area contributed by atoms with Gasteiger partial charge in [-0.25, -0.2) is 4.79 Å². The van der Waals surface area contributed by atoms with Crippen LogP contribution < -0.4 is 10.6 Å². The van der Waals surface area contributed by atoms with Crippen LogP contribution in [0.15, 0.2) is 42.6 Å². The van der Waals surface area contributed by atoms with E-state index in [1.165, 1.54) is 5.56 Å². The molecule has 1 fully saturated rings. The number of carbonyl (C=O) groups excluding carboxylic acids is 1. The van der Waals surface area contributed by atoms with Crippen molar-refractivity contribution in [2.24, 2.45) is 0 Å². The fourth-order valence-electron chi connectivity index (χ4n) is 2.73. The molecule has 2 aromatic rings. The molecule has 2 heterocycles. The van der Waals surface area contributed by atoms with Gasteiger partial charge in [0.1, 0.15) is 0 Å². The van der Waals surface area contributed by atoms with Crippen molar-refractivity contribution in [3.63, 3.8) is 0 Å². The van der Waals surface area contributed by atoms with Gasteiger partial charge in [-0.15, -0.1) is 0 Å². The van der Waals surface area contributed by atoms with Crippen molar-refractivity contribution in [3.8, 4) is 0 Å². The average Bonchev–Trinajstić information content (AvgIpc) is 3.18. The number of aromatic amines is 1. The van der Waals surface area contributed by atoms with Gasteiger partial charge in [0.25, 0.3) is 0 Å². The van der Waals surface area contributed by atoms with E-state index in [1.54, 1.807) is 6.20 Å². The molecule has 1 aliphatic heterocycles. The molecule has 116 valence electrons. The molecule has 3 N–H and O–H groups in total. The first-order chi connectivity index (χ1) is 10.8. The van der Waals surface area contributed by atoms with Crippen molar-refractivity contribution >= 4 is 6.03 Å². The van der Waals surface area contributed by atoms with E-state index < -0.39 is 0 Å². The number of nitrogens with zero attached hydrogens (tertiary/aromatic N) is 2. The molecule has 2 amide bonds. The number of likely N-dealkylation sites (tertiary alicyclic amines) is 1. The van der Waals surface area contributed by atoms with Crippen molar-refractivity contribution in [1.29, 1.82) is 0 Å². The maximum absolute atomic E-state index is 11.9. The molecule has 0 spiro atoms. The highest BCUT2D eigenvalue weighted by atomic mass is 16.2. The number of nitrogens with one attached hydrogen (secondary N) is 3. The Morgan fingerprint density at radius 1 is 1.32 bits per heavy atom. The summed E-state index contributed by atoms with van der Waals surface area (Å²) in [4.78, 5) is 14.3. The van der Waals surface area contributed by atoms with Crippen LogP contribution in [-0.4, -0.2) is 40.3 Å². The zero-order valence-electron chi connectivity index (χ0n) is 12.5. The van der Waals surface area contributed by atoms with Crippen molar-refractivity contribution in [1.82, 2.24) is 25.7 Å². The molecule has 1 aliphatic rings. The first-order valence-electron chi connectivity index (χ1n) is 7.58. The lowest BCUT2D eigenvalue weighted by Gasteiger charge is -2.17.